The van der Waals surface area contributed by atoms with Gasteiger partial charge in [-0.25, -0.2) is 0 Å². The maximum Gasteiger partial charge on any atom is 0.433 e. The summed E-state index contributed by atoms with van der Waals surface area (Å²) < 4.78 is 78.7. The molecule has 0 saturated heterocycles. The molecule has 0 aliphatic rings. The predicted molar refractivity (Wildman–Crippen MR) is 125 cm³/mol. The number of halogens is 7. The van der Waals surface area contributed by atoms with Gasteiger partial charge in [0.05, 0.1) is 23.6 Å². The van der Waals surface area contributed by atoms with Crippen molar-refractivity contribution in [3.63, 3.8) is 0 Å². The minimum absolute atomic E-state index is 0.0331. The number of aromatic nitrogens is 2. The van der Waals surface area contributed by atoms with E-state index in [1.807, 2.05) is 0 Å². The zero-order valence-corrected chi connectivity index (χ0v) is 19.4. The SMILES string of the molecule is O=C(Cc1ccc(Cl)c(C(F)(F)F)c1)Nc1cccc2c(=O)n(Cc3ccc(C(F)(F)F)nc3)ccc12. The summed E-state index contributed by atoms with van der Waals surface area (Å²) in [6.07, 6.45) is -7.15. The Balaban J connectivity index is 1.55. The Hall–Kier alpha value is -3.86. The van der Waals surface area contributed by atoms with Gasteiger partial charge >= 0.3 is 12.4 Å². The number of pyridine rings is 2. The Morgan fingerprint density at radius 1 is 0.919 bits per heavy atom. The molecule has 0 fully saturated rings. The number of hydrogen-bond donors (Lipinski definition) is 1. The molecule has 4 rings (SSSR count). The number of anilines is 1. The number of benzene rings is 2. The van der Waals surface area contributed by atoms with Gasteiger partial charge in [-0.3, -0.25) is 14.6 Å². The van der Waals surface area contributed by atoms with Crippen LogP contribution in [0.2, 0.25) is 5.02 Å². The Bertz CT molecular complexity index is 1530. The smallest absolute Gasteiger partial charge is 0.325 e. The lowest BCUT2D eigenvalue weighted by Gasteiger charge is -2.13. The fraction of sp³-hybridized carbons (Fsp3) is 0.160. The highest BCUT2D eigenvalue weighted by atomic mass is 35.5. The normalized spacial score (nSPS) is 12.1. The summed E-state index contributed by atoms with van der Waals surface area (Å²) in [6, 6.07) is 11.4. The number of nitrogens with zero attached hydrogens (tertiary/aromatic N) is 2. The van der Waals surface area contributed by atoms with E-state index in [2.05, 4.69) is 10.3 Å². The van der Waals surface area contributed by atoms with E-state index in [4.69, 9.17) is 11.6 Å². The van der Waals surface area contributed by atoms with Crippen molar-refractivity contribution in [2.45, 2.75) is 25.3 Å². The highest BCUT2D eigenvalue weighted by Gasteiger charge is 2.33. The van der Waals surface area contributed by atoms with Crippen molar-refractivity contribution < 1.29 is 31.1 Å². The van der Waals surface area contributed by atoms with Crippen molar-refractivity contribution >= 4 is 34.0 Å². The molecule has 2 heterocycles. The molecular formula is C25H16ClF6N3O2. The molecule has 0 aliphatic carbocycles. The van der Waals surface area contributed by atoms with Gasteiger partial charge in [-0.05, 0) is 47.5 Å². The summed E-state index contributed by atoms with van der Waals surface area (Å²) in [5.41, 5.74) is -1.81. The van der Waals surface area contributed by atoms with Gasteiger partial charge < -0.3 is 9.88 Å². The molecule has 0 aliphatic heterocycles. The number of fused-ring (bicyclic) bond motifs is 1. The molecule has 2 aromatic carbocycles. The maximum absolute atomic E-state index is 13.1. The fourth-order valence-corrected chi connectivity index (χ4v) is 3.94. The van der Waals surface area contributed by atoms with Crippen molar-refractivity contribution in [1.82, 2.24) is 9.55 Å². The summed E-state index contributed by atoms with van der Waals surface area (Å²) in [7, 11) is 0. The van der Waals surface area contributed by atoms with E-state index in [-0.39, 0.29) is 29.6 Å². The Labute approximate surface area is 210 Å². The second kappa shape index (κ2) is 9.89. The third-order valence-electron chi connectivity index (χ3n) is 5.46. The van der Waals surface area contributed by atoms with Crippen LogP contribution in [0.5, 0.6) is 0 Å². The van der Waals surface area contributed by atoms with Crippen LogP contribution in [0, 0.1) is 0 Å². The average molecular weight is 540 g/mol. The third-order valence-corrected chi connectivity index (χ3v) is 5.79. The molecule has 37 heavy (non-hydrogen) atoms. The largest absolute Gasteiger partial charge is 0.433 e. The Morgan fingerprint density at radius 3 is 2.30 bits per heavy atom. The van der Waals surface area contributed by atoms with Gasteiger partial charge in [0.15, 0.2) is 0 Å². The first-order valence-electron chi connectivity index (χ1n) is 10.6. The topological polar surface area (TPSA) is 64.0 Å². The molecule has 1 N–H and O–H groups in total. The number of alkyl halides is 6. The number of carbonyl (C=O) groups excluding carboxylic acids is 1. The van der Waals surface area contributed by atoms with Crippen LogP contribution in [-0.4, -0.2) is 15.5 Å². The standard InChI is InChI=1S/C25H16ClF6N3O2/c26-19-6-4-14(10-18(19)24(27,28)29)11-22(36)34-20-3-1-2-17-16(20)8-9-35(23(17)37)13-15-5-7-21(33-12-15)25(30,31)32/h1-10,12H,11,13H2,(H,34,36). The summed E-state index contributed by atoms with van der Waals surface area (Å²) in [6.45, 7) is -0.0331. The van der Waals surface area contributed by atoms with Crippen LogP contribution < -0.4 is 10.9 Å². The van der Waals surface area contributed by atoms with Crippen LogP contribution in [-0.2, 0) is 30.1 Å². The molecular weight excluding hydrogens is 524 g/mol. The molecule has 1 amide bonds. The van der Waals surface area contributed by atoms with Crippen molar-refractivity contribution in [1.29, 1.82) is 0 Å². The zero-order chi connectivity index (χ0) is 27.0. The van der Waals surface area contributed by atoms with Crippen LogP contribution in [0.1, 0.15) is 22.4 Å². The number of nitrogens with one attached hydrogen (secondary N) is 1. The molecule has 4 aromatic rings. The fourth-order valence-electron chi connectivity index (χ4n) is 3.71. The van der Waals surface area contributed by atoms with E-state index in [1.54, 1.807) is 6.07 Å². The van der Waals surface area contributed by atoms with E-state index in [0.29, 0.717) is 10.9 Å². The van der Waals surface area contributed by atoms with E-state index in [9.17, 15) is 35.9 Å². The van der Waals surface area contributed by atoms with Gasteiger partial charge in [0.1, 0.15) is 5.69 Å². The number of hydrogen-bond acceptors (Lipinski definition) is 3. The summed E-state index contributed by atoms with van der Waals surface area (Å²) in [5.74, 6) is -0.608. The van der Waals surface area contributed by atoms with Crippen molar-refractivity contribution in [2.24, 2.45) is 0 Å². The molecule has 0 atom stereocenters. The summed E-state index contributed by atoms with van der Waals surface area (Å²) in [4.78, 5) is 28.9. The van der Waals surface area contributed by atoms with E-state index >= 15 is 0 Å². The van der Waals surface area contributed by atoms with Crippen LogP contribution in [0.25, 0.3) is 10.8 Å². The maximum atomic E-state index is 13.1. The van der Waals surface area contributed by atoms with Crippen LogP contribution in [0.4, 0.5) is 32.0 Å². The number of amides is 1. The van der Waals surface area contributed by atoms with Gasteiger partial charge in [-0.15, -0.1) is 0 Å². The van der Waals surface area contributed by atoms with Gasteiger partial charge in [-0.2, -0.15) is 26.3 Å². The van der Waals surface area contributed by atoms with Crippen molar-refractivity contribution in [3.8, 4) is 0 Å². The van der Waals surface area contributed by atoms with E-state index < -0.39 is 40.1 Å². The minimum atomic E-state index is -4.67. The Morgan fingerprint density at radius 2 is 1.65 bits per heavy atom. The summed E-state index contributed by atoms with van der Waals surface area (Å²) in [5, 5.41) is 2.74. The quantitative estimate of drug-likeness (QED) is 0.302. The lowest BCUT2D eigenvalue weighted by atomic mass is 10.1. The molecule has 2 aromatic heterocycles. The lowest BCUT2D eigenvalue weighted by molar-refractivity contribution is -0.141. The molecule has 0 unspecified atom stereocenters. The molecule has 0 saturated carbocycles. The predicted octanol–water partition coefficient (Wildman–Crippen LogP) is 6.32. The first kappa shape index (κ1) is 26.2. The molecule has 12 heteroatoms. The molecule has 0 radical (unpaired) electrons. The van der Waals surface area contributed by atoms with Crippen LogP contribution in [0.15, 0.2) is 71.8 Å². The zero-order valence-electron chi connectivity index (χ0n) is 18.6. The number of rotatable bonds is 5. The second-order valence-electron chi connectivity index (χ2n) is 8.10. The van der Waals surface area contributed by atoms with Gasteiger partial charge in [0, 0.05) is 28.9 Å². The van der Waals surface area contributed by atoms with Crippen LogP contribution >= 0.6 is 11.6 Å². The monoisotopic (exact) mass is 539 g/mol. The molecule has 192 valence electrons. The molecule has 0 bridgehead atoms. The highest BCUT2D eigenvalue weighted by molar-refractivity contribution is 6.31. The van der Waals surface area contributed by atoms with Crippen molar-refractivity contribution in [2.75, 3.05) is 5.32 Å². The van der Waals surface area contributed by atoms with Gasteiger partial charge in [0.2, 0.25) is 5.91 Å². The molecule has 5 nitrogen and oxygen atoms in total. The van der Waals surface area contributed by atoms with Gasteiger partial charge in [-0.1, -0.05) is 29.8 Å². The summed E-state index contributed by atoms with van der Waals surface area (Å²) >= 11 is 5.62. The minimum Gasteiger partial charge on any atom is -0.325 e. The highest BCUT2D eigenvalue weighted by Crippen LogP contribution is 2.35. The molecule has 0 spiro atoms. The van der Waals surface area contributed by atoms with Crippen LogP contribution in [0.3, 0.4) is 0 Å². The van der Waals surface area contributed by atoms with E-state index in [0.717, 1.165) is 24.4 Å². The number of carbonyl (C=O) groups is 1. The lowest BCUT2D eigenvalue weighted by Crippen LogP contribution is -2.21. The van der Waals surface area contributed by atoms with Gasteiger partial charge in [0.25, 0.3) is 5.56 Å². The first-order valence-corrected chi connectivity index (χ1v) is 11.0. The second-order valence-corrected chi connectivity index (χ2v) is 8.51. The Kier molecular flexibility index (Phi) is 7.00. The van der Waals surface area contributed by atoms with E-state index in [1.165, 1.54) is 41.1 Å². The first-order chi connectivity index (χ1) is 17.3. The third kappa shape index (κ3) is 5.93. The average Bonchev–Trinajstić information content (AvgIpc) is 2.81. The van der Waals surface area contributed by atoms with Crippen molar-refractivity contribution in [3.05, 3.63) is 105 Å².